The number of nitrogens with zero attached hydrogens (tertiary/aromatic N) is 2. The average molecular weight is 399 g/mol. The van der Waals surface area contributed by atoms with Crippen molar-refractivity contribution in [3.8, 4) is 0 Å². The summed E-state index contributed by atoms with van der Waals surface area (Å²) in [5, 5.41) is 0. The van der Waals surface area contributed by atoms with Crippen LogP contribution >= 0.6 is 0 Å². The van der Waals surface area contributed by atoms with E-state index < -0.39 is 5.41 Å². The highest BCUT2D eigenvalue weighted by atomic mass is 16.2. The molecule has 0 saturated heterocycles. The first-order chi connectivity index (χ1) is 13.9. The number of anilines is 1. The zero-order valence-electron chi connectivity index (χ0n) is 19.0. The molecular weight excluding hydrogens is 360 g/mol. The first kappa shape index (κ1) is 21.9. The quantitative estimate of drug-likeness (QED) is 0.592. The SMILES string of the molecule is CCCN1C(=O)C(CC)(CC)c2ccc(C(=O)N(C(C)C)C3CCCCC3)cc21. The van der Waals surface area contributed by atoms with Gasteiger partial charge in [0.05, 0.1) is 5.41 Å². The summed E-state index contributed by atoms with van der Waals surface area (Å²) in [6.07, 6.45) is 8.40. The number of hydrogen-bond donors (Lipinski definition) is 0. The van der Waals surface area contributed by atoms with Crippen LogP contribution in [-0.4, -0.2) is 35.3 Å². The lowest BCUT2D eigenvalue weighted by Gasteiger charge is -2.37. The summed E-state index contributed by atoms with van der Waals surface area (Å²) in [6.45, 7) is 11.2. The van der Waals surface area contributed by atoms with Gasteiger partial charge in [0, 0.05) is 29.9 Å². The Balaban J connectivity index is 2.00. The van der Waals surface area contributed by atoms with Gasteiger partial charge in [0.25, 0.3) is 5.91 Å². The smallest absolute Gasteiger partial charge is 0.254 e. The van der Waals surface area contributed by atoms with Crippen molar-refractivity contribution in [3.63, 3.8) is 0 Å². The van der Waals surface area contributed by atoms with Crippen molar-refractivity contribution in [3.05, 3.63) is 29.3 Å². The number of benzene rings is 1. The molecule has 4 heteroatoms. The highest BCUT2D eigenvalue weighted by Crippen LogP contribution is 2.46. The second kappa shape index (κ2) is 8.89. The van der Waals surface area contributed by atoms with Crippen LogP contribution in [0.5, 0.6) is 0 Å². The van der Waals surface area contributed by atoms with E-state index >= 15 is 0 Å². The van der Waals surface area contributed by atoms with Crippen LogP contribution in [0.15, 0.2) is 18.2 Å². The molecule has 0 atom stereocenters. The molecule has 1 heterocycles. The minimum Gasteiger partial charge on any atom is -0.333 e. The van der Waals surface area contributed by atoms with Crippen LogP contribution in [-0.2, 0) is 10.2 Å². The zero-order valence-corrected chi connectivity index (χ0v) is 19.0. The second-order valence-corrected chi connectivity index (χ2v) is 9.08. The molecular formula is C25H38N2O2. The predicted molar refractivity (Wildman–Crippen MR) is 120 cm³/mol. The van der Waals surface area contributed by atoms with Crippen LogP contribution in [0.25, 0.3) is 0 Å². The van der Waals surface area contributed by atoms with E-state index in [0.29, 0.717) is 12.6 Å². The maximum atomic E-state index is 13.6. The number of fused-ring (bicyclic) bond motifs is 1. The van der Waals surface area contributed by atoms with Crippen molar-refractivity contribution in [2.75, 3.05) is 11.4 Å². The Labute approximate surface area is 176 Å². The normalized spacial score (nSPS) is 19.0. The molecule has 4 nitrogen and oxygen atoms in total. The molecule has 0 bridgehead atoms. The molecule has 0 aromatic heterocycles. The Bertz CT molecular complexity index is 745. The van der Waals surface area contributed by atoms with Crippen molar-refractivity contribution in [1.29, 1.82) is 0 Å². The van der Waals surface area contributed by atoms with E-state index in [2.05, 4.69) is 45.6 Å². The van der Waals surface area contributed by atoms with Gasteiger partial charge in [0.15, 0.2) is 0 Å². The van der Waals surface area contributed by atoms with Crippen LogP contribution < -0.4 is 4.90 Å². The molecule has 2 aliphatic rings. The highest BCUT2D eigenvalue weighted by molar-refractivity contribution is 6.09. The van der Waals surface area contributed by atoms with E-state index in [1.807, 2.05) is 17.0 Å². The summed E-state index contributed by atoms with van der Waals surface area (Å²) in [6, 6.07) is 6.53. The van der Waals surface area contributed by atoms with Gasteiger partial charge < -0.3 is 9.80 Å². The molecule has 29 heavy (non-hydrogen) atoms. The molecule has 1 fully saturated rings. The predicted octanol–water partition coefficient (Wildman–Crippen LogP) is 5.68. The first-order valence-electron chi connectivity index (χ1n) is 11.7. The third-order valence-corrected chi connectivity index (χ3v) is 7.12. The summed E-state index contributed by atoms with van der Waals surface area (Å²) in [5.74, 6) is 0.320. The molecule has 0 unspecified atom stereocenters. The van der Waals surface area contributed by atoms with Gasteiger partial charge in [-0.15, -0.1) is 0 Å². The van der Waals surface area contributed by atoms with Crippen molar-refractivity contribution in [1.82, 2.24) is 4.90 Å². The van der Waals surface area contributed by atoms with Crippen molar-refractivity contribution in [2.24, 2.45) is 0 Å². The van der Waals surface area contributed by atoms with Gasteiger partial charge in [-0.3, -0.25) is 9.59 Å². The summed E-state index contributed by atoms with van der Waals surface area (Å²) >= 11 is 0. The van der Waals surface area contributed by atoms with Gasteiger partial charge in [-0.05, 0) is 63.6 Å². The monoisotopic (exact) mass is 398 g/mol. The van der Waals surface area contributed by atoms with Crippen molar-refractivity contribution in [2.45, 2.75) is 103 Å². The topological polar surface area (TPSA) is 40.6 Å². The molecule has 1 aliphatic carbocycles. The van der Waals surface area contributed by atoms with Crippen LogP contribution in [0.4, 0.5) is 5.69 Å². The van der Waals surface area contributed by atoms with Crippen LogP contribution in [0.2, 0.25) is 0 Å². The van der Waals surface area contributed by atoms with Crippen molar-refractivity contribution >= 4 is 17.5 Å². The summed E-state index contributed by atoms with van der Waals surface area (Å²) in [5.41, 5.74) is 2.35. The first-order valence-corrected chi connectivity index (χ1v) is 11.7. The number of carbonyl (C=O) groups is 2. The maximum Gasteiger partial charge on any atom is 0.254 e. The molecule has 1 aromatic rings. The molecule has 3 rings (SSSR count). The van der Waals surface area contributed by atoms with E-state index in [9.17, 15) is 9.59 Å². The lowest BCUT2D eigenvalue weighted by molar-refractivity contribution is -0.123. The molecule has 1 saturated carbocycles. The Morgan fingerprint density at radius 1 is 1.14 bits per heavy atom. The van der Waals surface area contributed by atoms with Crippen molar-refractivity contribution < 1.29 is 9.59 Å². The summed E-state index contributed by atoms with van der Waals surface area (Å²) < 4.78 is 0. The summed E-state index contributed by atoms with van der Waals surface area (Å²) in [4.78, 5) is 30.9. The van der Waals surface area contributed by atoms with E-state index in [-0.39, 0.29) is 17.9 Å². The highest BCUT2D eigenvalue weighted by Gasteiger charge is 2.48. The second-order valence-electron chi connectivity index (χ2n) is 9.08. The lowest BCUT2D eigenvalue weighted by Crippen LogP contribution is -2.45. The molecule has 1 aliphatic heterocycles. The number of rotatable bonds is 7. The van der Waals surface area contributed by atoms with Crippen LogP contribution in [0, 0.1) is 0 Å². The van der Waals surface area contributed by atoms with Gasteiger partial charge in [-0.25, -0.2) is 0 Å². The number of amides is 2. The van der Waals surface area contributed by atoms with E-state index in [1.165, 1.54) is 19.3 Å². The number of hydrogen-bond acceptors (Lipinski definition) is 2. The molecule has 2 amide bonds. The third-order valence-electron chi connectivity index (χ3n) is 7.12. The van der Waals surface area contributed by atoms with Gasteiger partial charge in [-0.2, -0.15) is 0 Å². The molecule has 160 valence electrons. The van der Waals surface area contributed by atoms with Crippen LogP contribution in [0.1, 0.15) is 102 Å². The summed E-state index contributed by atoms with van der Waals surface area (Å²) in [7, 11) is 0. The molecule has 0 radical (unpaired) electrons. The Morgan fingerprint density at radius 2 is 1.79 bits per heavy atom. The maximum absolute atomic E-state index is 13.6. The lowest BCUT2D eigenvalue weighted by atomic mass is 9.77. The molecule has 1 aromatic carbocycles. The third kappa shape index (κ3) is 3.71. The van der Waals surface area contributed by atoms with E-state index in [1.54, 1.807) is 0 Å². The fraction of sp³-hybridized carbons (Fsp3) is 0.680. The standard InChI is InChI=1S/C25H38N2O2/c1-6-16-26-22-17-19(14-15-21(22)25(7-2,8-3)24(26)29)23(28)27(18(4)5)20-12-10-9-11-13-20/h14-15,17-18,20H,6-13,16H2,1-5H3. The fourth-order valence-electron chi connectivity index (χ4n) is 5.48. The van der Waals surface area contributed by atoms with E-state index in [4.69, 9.17) is 0 Å². The van der Waals surface area contributed by atoms with Crippen LogP contribution in [0.3, 0.4) is 0 Å². The minimum absolute atomic E-state index is 0.115. The Hall–Kier alpha value is -1.84. The largest absolute Gasteiger partial charge is 0.333 e. The van der Waals surface area contributed by atoms with Gasteiger partial charge >= 0.3 is 0 Å². The fourth-order valence-corrected chi connectivity index (χ4v) is 5.48. The zero-order chi connectivity index (χ0) is 21.2. The average Bonchev–Trinajstić information content (AvgIpc) is 2.96. The van der Waals surface area contributed by atoms with Gasteiger partial charge in [-0.1, -0.05) is 46.1 Å². The van der Waals surface area contributed by atoms with Gasteiger partial charge in [0.1, 0.15) is 0 Å². The Morgan fingerprint density at radius 3 is 2.34 bits per heavy atom. The minimum atomic E-state index is -0.437. The van der Waals surface area contributed by atoms with Gasteiger partial charge in [0.2, 0.25) is 5.91 Å². The Kier molecular flexibility index (Phi) is 6.70. The molecule has 0 spiro atoms. The van der Waals surface area contributed by atoms with E-state index in [0.717, 1.165) is 48.9 Å². The number of carbonyl (C=O) groups excluding carboxylic acids is 2. The molecule has 0 N–H and O–H groups in total.